The average molecular weight is 587 g/mol. The van der Waals surface area contributed by atoms with E-state index in [0.717, 1.165) is 55.5 Å². The van der Waals surface area contributed by atoms with Crippen molar-refractivity contribution in [3.05, 3.63) is 83.4 Å². The molecule has 0 bridgehead atoms. The van der Waals surface area contributed by atoms with Crippen LogP contribution in [0.3, 0.4) is 0 Å². The lowest BCUT2D eigenvalue weighted by atomic mass is 9.70. The van der Waals surface area contributed by atoms with Gasteiger partial charge < -0.3 is 14.7 Å². The van der Waals surface area contributed by atoms with Gasteiger partial charge >= 0.3 is 0 Å². The smallest absolute Gasteiger partial charge is 0.264 e. The molecule has 2 aromatic carbocycles. The first-order valence-electron chi connectivity index (χ1n) is 13.9. The summed E-state index contributed by atoms with van der Waals surface area (Å²) in [6.45, 7) is 10.6. The molecule has 1 saturated carbocycles. The first-order valence-corrected chi connectivity index (χ1v) is 15.8. The van der Waals surface area contributed by atoms with E-state index in [4.69, 9.17) is 16.3 Å². The molecule has 0 aromatic heterocycles. The number of allylic oxidation sites excluding steroid dienone is 1. The van der Waals surface area contributed by atoms with Crippen LogP contribution in [0.5, 0.6) is 5.75 Å². The highest BCUT2D eigenvalue weighted by atomic mass is 35.5. The zero-order chi connectivity index (χ0) is 28.9. The third kappa shape index (κ3) is 7.09. The molecule has 4 rings (SSSR count). The molecule has 9 heteroatoms. The third-order valence-corrected chi connectivity index (χ3v) is 10.1. The Morgan fingerprint density at radius 2 is 2.00 bits per heavy atom. The number of aliphatic hydroxyl groups is 1. The van der Waals surface area contributed by atoms with Gasteiger partial charge in [0.1, 0.15) is 12.4 Å². The summed E-state index contributed by atoms with van der Waals surface area (Å²) in [5.41, 5.74) is 3.19. The fourth-order valence-corrected chi connectivity index (χ4v) is 6.62. The molecular formula is C31H39ClN2O5S. The number of ether oxygens (including phenoxy) is 1. The van der Waals surface area contributed by atoms with Gasteiger partial charge in [-0.2, -0.15) is 0 Å². The number of halogens is 1. The number of carbonyl (C=O) groups is 1. The molecule has 1 amide bonds. The van der Waals surface area contributed by atoms with Crippen molar-refractivity contribution in [1.82, 2.24) is 4.72 Å². The second-order valence-corrected chi connectivity index (χ2v) is 13.4. The van der Waals surface area contributed by atoms with Gasteiger partial charge in [-0.1, -0.05) is 29.8 Å². The molecule has 1 aliphatic carbocycles. The first-order chi connectivity index (χ1) is 19.1. The highest BCUT2D eigenvalue weighted by Crippen LogP contribution is 2.40. The zero-order valence-corrected chi connectivity index (χ0v) is 24.6. The molecule has 0 spiro atoms. The molecule has 1 aliphatic heterocycles. The highest BCUT2D eigenvalue weighted by Gasteiger charge is 2.36. The lowest BCUT2D eigenvalue weighted by Gasteiger charge is -2.42. The molecule has 2 N–H and O–H groups in total. The van der Waals surface area contributed by atoms with Crippen LogP contribution >= 0.6 is 11.6 Å². The van der Waals surface area contributed by atoms with Gasteiger partial charge in [-0.15, -0.1) is 13.2 Å². The second kappa shape index (κ2) is 13.2. The van der Waals surface area contributed by atoms with Gasteiger partial charge in [0.15, 0.2) is 0 Å². The van der Waals surface area contributed by atoms with Crippen LogP contribution in [0.25, 0.3) is 0 Å². The largest absolute Gasteiger partial charge is 0.487 e. The van der Waals surface area contributed by atoms with Gasteiger partial charge in [0, 0.05) is 23.7 Å². The fraction of sp³-hybridized carbons (Fsp3) is 0.452. The maximum absolute atomic E-state index is 13.1. The van der Waals surface area contributed by atoms with Crippen molar-refractivity contribution in [2.45, 2.75) is 63.4 Å². The van der Waals surface area contributed by atoms with E-state index in [0.29, 0.717) is 23.9 Å². The minimum Gasteiger partial charge on any atom is -0.487 e. The summed E-state index contributed by atoms with van der Waals surface area (Å²) in [5.74, 6) is 0.327. The number of fused-ring (bicyclic) bond motifs is 2. The quantitative estimate of drug-likeness (QED) is 0.368. The van der Waals surface area contributed by atoms with Gasteiger partial charge in [-0.25, -0.2) is 13.1 Å². The van der Waals surface area contributed by atoms with Crippen molar-refractivity contribution in [3.63, 3.8) is 0 Å². The van der Waals surface area contributed by atoms with Crippen LogP contribution < -0.4 is 14.4 Å². The standard InChI is InChI=1S/C31H39ClN2O5S/c1-4-8-21(3)40(37,38)33-31(36)23-12-15-30-28(18-23)34(19-24-11-14-27(24)29(35)5-2)16-7-6-9-22-17-26(32)13-10-25(22)20-39-30/h4-5,10,12-13,15,17-18,21,24,27,29,35H,1-2,6-9,11,14,16,19-20H2,3H3,(H,33,36)/t21-,24+,27-,29+/m1/s1. The van der Waals surface area contributed by atoms with Gasteiger partial charge in [0.05, 0.1) is 17.0 Å². The van der Waals surface area contributed by atoms with E-state index in [1.165, 1.54) is 6.08 Å². The van der Waals surface area contributed by atoms with E-state index in [-0.39, 0.29) is 23.8 Å². The number of hydrogen-bond donors (Lipinski definition) is 2. The Balaban J connectivity index is 1.67. The number of nitrogens with one attached hydrogen (secondary N) is 1. The molecule has 7 nitrogen and oxygen atoms in total. The van der Waals surface area contributed by atoms with Gasteiger partial charge in [-0.05, 0) is 98.7 Å². The van der Waals surface area contributed by atoms with Crippen LogP contribution in [0.15, 0.2) is 61.7 Å². The second-order valence-electron chi connectivity index (χ2n) is 10.8. The number of carbonyl (C=O) groups excluding carboxylic acids is 1. The number of rotatable bonds is 9. The molecule has 0 radical (unpaired) electrons. The number of sulfonamides is 1. The number of aryl methyl sites for hydroxylation is 1. The lowest BCUT2D eigenvalue weighted by molar-refractivity contribution is 0.0465. The number of nitrogens with zero attached hydrogens (tertiary/aromatic N) is 1. The highest BCUT2D eigenvalue weighted by molar-refractivity contribution is 7.90. The van der Waals surface area contributed by atoms with Crippen molar-refractivity contribution in [1.29, 1.82) is 0 Å². The summed E-state index contributed by atoms with van der Waals surface area (Å²) in [7, 11) is -3.87. The molecule has 2 aliphatic rings. The molecule has 216 valence electrons. The minimum atomic E-state index is -3.87. The number of amides is 1. The predicted octanol–water partition coefficient (Wildman–Crippen LogP) is 5.66. The lowest BCUT2D eigenvalue weighted by Crippen LogP contribution is -2.43. The summed E-state index contributed by atoms with van der Waals surface area (Å²) in [6, 6.07) is 10.9. The van der Waals surface area contributed by atoms with Crippen LogP contribution in [0.4, 0.5) is 5.69 Å². The predicted molar refractivity (Wildman–Crippen MR) is 160 cm³/mol. The van der Waals surface area contributed by atoms with Crippen LogP contribution in [0.1, 0.15) is 60.5 Å². The SMILES string of the molecule is C=CC[C@@H](C)S(=O)(=O)NC(=O)c1ccc2c(c1)N(C[C@@H]1CC[C@H]1[C@@H](O)C=C)CCCCc1cc(Cl)ccc1CO2. The Labute approximate surface area is 242 Å². The molecule has 40 heavy (non-hydrogen) atoms. The molecule has 0 unspecified atom stereocenters. The minimum absolute atomic E-state index is 0.134. The first kappa shape index (κ1) is 30.2. The van der Waals surface area contributed by atoms with Gasteiger partial charge in [-0.3, -0.25) is 4.79 Å². The van der Waals surface area contributed by atoms with Crippen LogP contribution in [-0.4, -0.2) is 43.9 Å². The van der Waals surface area contributed by atoms with E-state index in [1.807, 2.05) is 18.2 Å². The topological polar surface area (TPSA) is 95.9 Å². The summed E-state index contributed by atoms with van der Waals surface area (Å²) in [4.78, 5) is 15.3. The Morgan fingerprint density at radius 3 is 2.70 bits per heavy atom. The molecule has 2 aromatic rings. The van der Waals surface area contributed by atoms with Gasteiger partial charge in [0.2, 0.25) is 10.0 Å². The van der Waals surface area contributed by atoms with Crippen molar-refractivity contribution >= 4 is 33.2 Å². The molecular weight excluding hydrogens is 548 g/mol. The Bertz CT molecular complexity index is 1350. The van der Waals surface area contributed by atoms with Crippen LogP contribution in [-0.2, 0) is 23.1 Å². The average Bonchev–Trinajstić information content (AvgIpc) is 2.94. The van der Waals surface area contributed by atoms with E-state index >= 15 is 0 Å². The normalized spacial score (nSPS) is 20.8. The van der Waals surface area contributed by atoms with E-state index in [1.54, 1.807) is 31.2 Å². The van der Waals surface area contributed by atoms with Crippen LogP contribution in [0.2, 0.25) is 5.02 Å². The number of hydrogen-bond acceptors (Lipinski definition) is 6. The summed E-state index contributed by atoms with van der Waals surface area (Å²) in [5, 5.41) is 10.3. The maximum atomic E-state index is 13.1. The van der Waals surface area contributed by atoms with E-state index in [9.17, 15) is 18.3 Å². The summed E-state index contributed by atoms with van der Waals surface area (Å²) in [6.07, 6.45) is 7.45. The maximum Gasteiger partial charge on any atom is 0.264 e. The number of anilines is 1. The third-order valence-electron chi connectivity index (χ3n) is 8.11. The number of benzene rings is 2. The Hall–Kier alpha value is -2.81. The summed E-state index contributed by atoms with van der Waals surface area (Å²) >= 11 is 6.28. The Morgan fingerprint density at radius 1 is 1.20 bits per heavy atom. The number of aliphatic hydroxyl groups excluding tert-OH is 1. The monoisotopic (exact) mass is 586 g/mol. The molecule has 4 atom stereocenters. The Kier molecular flexibility index (Phi) is 9.98. The van der Waals surface area contributed by atoms with Crippen molar-refractivity contribution in [2.75, 3.05) is 18.0 Å². The van der Waals surface area contributed by atoms with Crippen LogP contribution in [0, 0.1) is 11.8 Å². The molecule has 1 fully saturated rings. The van der Waals surface area contributed by atoms with E-state index < -0.39 is 27.3 Å². The summed E-state index contributed by atoms with van der Waals surface area (Å²) < 4.78 is 33.9. The van der Waals surface area contributed by atoms with Gasteiger partial charge in [0.25, 0.3) is 5.91 Å². The fourth-order valence-electron chi connectivity index (χ4n) is 5.46. The van der Waals surface area contributed by atoms with Crippen molar-refractivity contribution < 1.29 is 23.1 Å². The molecule has 1 heterocycles. The van der Waals surface area contributed by atoms with Crippen molar-refractivity contribution in [3.8, 4) is 5.75 Å². The zero-order valence-electron chi connectivity index (χ0n) is 23.0. The van der Waals surface area contributed by atoms with Crippen molar-refractivity contribution in [2.24, 2.45) is 11.8 Å². The molecule has 0 saturated heterocycles. The van der Waals surface area contributed by atoms with E-state index in [2.05, 4.69) is 22.8 Å².